The van der Waals surface area contributed by atoms with E-state index in [0.717, 1.165) is 30.9 Å². The van der Waals surface area contributed by atoms with Crippen LogP contribution in [0, 0.1) is 0 Å². The highest BCUT2D eigenvalue weighted by Gasteiger charge is 2.32. The number of ether oxygens (including phenoxy) is 2. The van der Waals surface area contributed by atoms with Crippen LogP contribution in [0.2, 0.25) is 5.15 Å². The van der Waals surface area contributed by atoms with E-state index in [1.165, 1.54) is 0 Å². The van der Waals surface area contributed by atoms with Gasteiger partial charge < -0.3 is 15.2 Å². The number of thiophene rings is 2. The Hall–Kier alpha value is -1.23. The van der Waals surface area contributed by atoms with E-state index in [4.69, 9.17) is 26.8 Å². The van der Waals surface area contributed by atoms with Crippen molar-refractivity contribution in [3.8, 4) is 0 Å². The molecule has 172 valence electrons. The SMILES string of the molecule is CC(C)(C)OC(=O)N(Cc1cccs1)c1cc(Cl)nc2c(Br)c([C@H]3CCOC[C@@H]3N)sc12. The summed E-state index contributed by atoms with van der Waals surface area (Å²) in [5.41, 5.74) is 7.15. The summed E-state index contributed by atoms with van der Waals surface area (Å²) < 4.78 is 13.0. The van der Waals surface area contributed by atoms with Gasteiger partial charge in [-0.3, -0.25) is 4.90 Å². The van der Waals surface area contributed by atoms with Gasteiger partial charge in [0.1, 0.15) is 10.8 Å². The van der Waals surface area contributed by atoms with E-state index >= 15 is 0 Å². The lowest BCUT2D eigenvalue weighted by Gasteiger charge is -2.28. The van der Waals surface area contributed by atoms with Crippen molar-refractivity contribution >= 4 is 72.2 Å². The Morgan fingerprint density at radius 2 is 2.25 bits per heavy atom. The quantitative estimate of drug-likeness (QED) is 0.368. The highest BCUT2D eigenvalue weighted by Crippen LogP contribution is 2.46. The van der Waals surface area contributed by atoms with Crippen molar-refractivity contribution < 1.29 is 14.3 Å². The molecule has 4 heterocycles. The lowest BCUT2D eigenvalue weighted by molar-refractivity contribution is 0.0578. The van der Waals surface area contributed by atoms with Gasteiger partial charge in [-0.15, -0.1) is 22.7 Å². The molecule has 6 nitrogen and oxygen atoms in total. The largest absolute Gasteiger partial charge is 0.443 e. The maximum Gasteiger partial charge on any atom is 0.415 e. The van der Waals surface area contributed by atoms with Crippen LogP contribution in [0.4, 0.5) is 10.5 Å². The predicted octanol–water partition coefficient (Wildman–Crippen LogP) is 6.55. The third-order valence-electron chi connectivity index (χ3n) is 5.09. The van der Waals surface area contributed by atoms with E-state index in [1.54, 1.807) is 33.6 Å². The van der Waals surface area contributed by atoms with Crippen molar-refractivity contribution in [3.05, 3.63) is 43.0 Å². The Balaban J connectivity index is 1.83. The summed E-state index contributed by atoms with van der Waals surface area (Å²) in [6, 6.07) is 5.60. The summed E-state index contributed by atoms with van der Waals surface area (Å²) >= 11 is 13.4. The molecule has 1 amide bonds. The second-order valence-corrected chi connectivity index (χ2v) is 12.0. The first-order chi connectivity index (χ1) is 15.1. The average Bonchev–Trinajstić information content (AvgIpc) is 3.33. The van der Waals surface area contributed by atoms with Crippen LogP contribution < -0.4 is 10.6 Å². The molecule has 0 aromatic carbocycles. The average molecular weight is 559 g/mol. The van der Waals surface area contributed by atoms with Crippen molar-refractivity contribution in [1.29, 1.82) is 0 Å². The number of carbonyl (C=O) groups excluding carboxylic acids is 1. The maximum absolute atomic E-state index is 13.3. The normalized spacial score (nSPS) is 19.3. The number of amides is 1. The van der Waals surface area contributed by atoms with Crippen molar-refractivity contribution in [2.75, 3.05) is 18.1 Å². The fraction of sp³-hybridized carbons (Fsp3) is 0.455. The fourth-order valence-corrected chi connectivity index (χ4v) is 6.86. The highest BCUT2D eigenvalue weighted by molar-refractivity contribution is 9.10. The third-order valence-corrected chi connectivity index (χ3v) is 8.55. The number of nitrogens with zero attached hydrogens (tertiary/aromatic N) is 2. The van der Waals surface area contributed by atoms with Gasteiger partial charge in [-0.1, -0.05) is 17.7 Å². The predicted molar refractivity (Wildman–Crippen MR) is 135 cm³/mol. The van der Waals surface area contributed by atoms with Gasteiger partial charge in [-0.2, -0.15) is 0 Å². The van der Waals surface area contributed by atoms with Gasteiger partial charge in [-0.05, 0) is 54.6 Å². The summed E-state index contributed by atoms with van der Waals surface area (Å²) in [5.74, 6) is 0.149. The van der Waals surface area contributed by atoms with Crippen molar-refractivity contribution in [1.82, 2.24) is 4.98 Å². The van der Waals surface area contributed by atoms with E-state index in [9.17, 15) is 4.79 Å². The molecule has 2 N–H and O–H groups in total. The number of fused-ring (bicyclic) bond motifs is 1. The first-order valence-corrected chi connectivity index (χ1v) is 13.2. The van der Waals surface area contributed by atoms with E-state index in [2.05, 4.69) is 20.9 Å². The summed E-state index contributed by atoms with van der Waals surface area (Å²) in [7, 11) is 0. The van der Waals surface area contributed by atoms with Crippen molar-refractivity contribution in [3.63, 3.8) is 0 Å². The Bertz CT molecular complexity index is 1110. The molecular formula is C22H25BrClN3O3S2. The molecule has 3 aromatic heterocycles. The Morgan fingerprint density at radius 1 is 1.47 bits per heavy atom. The monoisotopic (exact) mass is 557 g/mol. The van der Waals surface area contributed by atoms with Crippen LogP contribution in [-0.2, 0) is 16.0 Å². The van der Waals surface area contributed by atoms with Crippen molar-refractivity contribution in [2.24, 2.45) is 5.73 Å². The maximum atomic E-state index is 13.3. The first kappa shape index (κ1) is 23.9. The molecule has 1 fully saturated rings. The van der Waals surface area contributed by atoms with Gasteiger partial charge >= 0.3 is 6.09 Å². The van der Waals surface area contributed by atoms with Gasteiger partial charge in [-0.25, -0.2) is 9.78 Å². The molecular weight excluding hydrogens is 534 g/mol. The molecule has 4 rings (SSSR count). The number of halogens is 2. The van der Waals surface area contributed by atoms with E-state index in [-0.39, 0.29) is 12.0 Å². The second kappa shape index (κ2) is 9.56. The zero-order valence-electron chi connectivity index (χ0n) is 18.1. The molecule has 0 spiro atoms. The molecule has 0 radical (unpaired) electrons. The van der Waals surface area contributed by atoms with Gasteiger partial charge in [0.2, 0.25) is 0 Å². The van der Waals surface area contributed by atoms with Crippen LogP contribution in [0.3, 0.4) is 0 Å². The Kier molecular flexibility index (Phi) is 7.14. The topological polar surface area (TPSA) is 77.7 Å². The molecule has 0 bridgehead atoms. The zero-order chi connectivity index (χ0) is 23.0. The van der Waals surface area contributed by atoms with Crippen LogP contribution in [0.25, 0.3) is 10.2 Å². The molecule has 0 saturated carbocycles. The molecule has 1 saturated heterocycles. The van der Waals surface area contributed by atoms with Crippen LogP contribution in [0.15, 0.2) is 28.1 Å². The second-order valence-electron chi connectivity index (χ2n) is 8.70. The minimum Gasteiger partial charge on any atom is -0.443 e. The molecule has 32 heavy (non-hydrogen) atoms. The number of aromatic nitrogens is 1. The summed E-state index contributed by atoms with van der Waals surface area (Å²) in [6.07, 6.45) is 0.406. The minimum atomic E-state index is -0.628. The van der Waals surface area contributed by atoms with Crippen LogP contribution >= 0.6 is 50.2 Å². The van der Waals surface area contributed by atoms with E-state index < -0.39 is 11.7 Å². The van der Waals surface area contributed by atoms with Gasteiger partial charge in [0.05, 0.1) is 33.5 Å². The smallest absolute Gasteiger partial charge is 0.415 e. The molecule has 0 aliphatic carbocycles. The minimum absolute atomic E-state index is 0.0971. The fourth-order valence-electron chi connectivity index (χ4n) is 3.66. The summed E-state index contributed by atoms with van der Waals surface area (Å²) in [6.45, 7) is 7.14. The first-order valence-electron chi connectivity index (χ1n) is 10.3. The van der Waals surface area contributed by atoms with E-state index in [0.29, 0.717) is 30.6 Å². The number of hydrogen-bond acceptors (Lipinski definition) is 7. The molecule has 1 aliphatic heterocycles. The third kappa shape index (κ3) is 5.13. The molecule has 0 unspecified atom stereocenters. The standard InChI is InChI=1S/C22H25BrClN3O3S2/c1-22(2,3)30-21(28)27(10-12-5-4-8-31-12)15-9-16(24)26-18-17(23)19(32-20(15)18)13-6-7-29-11-14(13)25/h4-5,8-9,13-14H,6-7,10-11,25H2,1-3H3/t13-,14-/m0/s1. The molecule has 2 atom stereocenters. The lowest BCUT2D eigenvalue weighted by atomic mass is 9.94. The van der Waals surface area contributed by atoms with E-state index in [1.807, 2.05) is 38.3 Å². The Morgan fingerprint density at radius 3 is 2.91 bits per heavy atom. The van der Waals surface area contributed by atoms with Crippen LogP contribution in [-0.4, -0.2) is 35.9 Å². The number of anilines is 1. The molecule has 10 heteroatoms. The zero-order valence-corrected chi connectivity index (χ0v) is 22.0. The number of carbonyl (C=O) groups is 1. The van der Waals surface area contributed by atoms with Gasteiger partial charge in [0.15, 0.2) is 0 Å². The summed E-state index contributed by atoms with van der Waals surface area (Å²) in [4.78, 5) is 21.6. The Labute approximate surface area is 208 Å². The van der Waals surface area contributed by atoms with Gasteiger partial charge in [0.25, 0.3) is 0 Å². The number of nitrogens with two attached hydrogens (primary N) is 1. The number of pyridine rings is 1. The highest BCUT2D eigenvalue weighted by atomic mass is 79.9. The van der Waals surface area contributed by atoms with Gasteiger partial charge in [0, 0.05) is 34.4 Å². The van der Waals surface area contributed by atoms with Crippen LogP contribution in [0.1, 0.15) is 42.9 Å². The molecule has 1 aliphatic rings. The number of hydrogen-bond donors (Lipinski definition) is 1. The lowest BCUT2D eigenvalue weighted by Crippen LogP contribution is -2.37. The number of rotatable bonds is 4. The molecule has 3 aromatic rings. The van der Waals surface area contributed by atoms with Crippen LogP contribution in [0.5, 0.6) is 0 Å². The van der Waals surface area contributed by atoms with Crippen molar-refractivity contribution in [2.45, 2.75) is 51.3 Å². The summed E-state index contributed by atoms with van der Waals surface area (Å²) in [5, 5.41) is 2.30.